The summed E-state index contributed by atoms with van der Waals surface area (Å²) in [6, 6.07) is 0.895. The van der Waals surface area contributed by atoms with Crippen LogP contribution in [-0.4, -0.2) is 36.4 Å². The van der Waals surface area contributed by atoms with Crippen LogP contribution in [0.5, 0.6) is 0 Å². The number of nitrogens with zero attached hydrogens (tertiary/aromatic N) is 5. The second kappa shape index (κ2) is 9.07. The molecule has 4 aromatic rings. The van der Waals surface area contributed by atoms with E-state index >= 15 is 0 Å². The fraction of sp³-hybridized carbons (Fsp3) is 0.286. The number of aromatic nitrogens is 5. The summed E-state index contributed by atoms with van der Waals surface area (Å²) in [5, 5.41) is 11.3. The maximum absolute atomic E-state index is 13.7. The molecule has 35 heavy (non-hydrogen) atoms. The van der Waals surface area contributed by atoms with Crippen LogP contribution in [0.15, 0.2) is 22.9 Å². The molecule has 184 valence electrons. The van der Waals surface area contributed by atoms with Crippen molar-refractivity contribution in [2.45, 2.75) is 40.0 Å². The minimum absolute atomic E-state index is 0.0156. The number of carbonyl (C=O) groups is 2. The number of hydrogen-bond acceptors (Lipinski definition) is 6. The van der Waals surface area contributed by atoms with Crippen LogP contribution in [0, 0.1) is 6.92 Å². The first-order valence-corrected chi connectivity index (χ1v) is 12.0. The first kappa shape index (κ1) is 24.9. The SMILES string of the molecule is CCn1cc(-c2cc(C(F)(F)F)nc3sc(C(N)=O)c(NC(=O)c4c(Br)cnn4CC)c23)c(C)n1. The molecule has 2 amide bonds. The lowest BCUT2D eigenvalue weighted by Gasteiger charge is -2.12. The summed E-state index contributed by atoms with van der Waals surface area (Å²) in [6.45, 7) is 6.18. The number of nitrogens with two attached hydrogens (primary N) is 1. The largest absolute Gasteiger partial charge is 0.433 e. The van der Waals surface area contributed by atoms with Crippen molar-refractivity contribution in [3.63, 3.8) is 0 Å². The number of anilines is 1. The fourth-order valence-corrected chi connectivity index (χ4v) is 5.18. The van der Waals surface area contributed by atoms with Crippen molar-refractivity contribution in [1.29, 1.82) is 0 Å². The normalized spacial score (nSPS) is 11.9. The van der Waals surface area contributed by atoms with Crippen LogP contribution in [0.2, 0.25) is 0 Å². The van der Waals surface area contributed by atoms with E-state index in [0.717, 1.165) is 6.07 Å². The van der Waals surface area contributed by atoms with E-state index in [-0.39, 0.29) is 32.0 Å². The third-order valence-electron chi connectivity index (χ3n) is 5.28. The van der Waals surface area contributed by atoms with E-state index < -0.39 is 23.7 Å². The van der Waals surface area contributed by atoms with Crippen LogP contribution < -0.4 is 11.1 Å². The Morgan fingerprint density at radius 3 is 2.51 bits per heavy atom. The molecule has 0 aliphatic heterocycles. The molecule has 0 radical (unpaired) electrons. The van der Waals surface area contributed by atoms with Crippen molar-refractivity contribution < 1.29 is 22.8 Å². The Morgan fingerprint density at radius 1 is 1.23 bits per heavy atom. The molecular weight excluding hydrogens is 551 g/mol. The summed E-state index contributed by atoms with van der Waals surface area (Å²) in [6.07, 6.45) is -1.68. The van der Waals surface area contributed by atoms with Crippen LogP contribution in [0.1, 0.15) is 45.4 Å². The number of aryl methyl sites for hydroxylation is 3. The number of fused-ring (bicyclic) bond motifs is 1. The number of alkyl halides is 3. The average Bonchev–Trinajstić information content (AvgIpc) is 3.47. The van der Waals surface area contributed by atoms with Crippen molar-refractivity contribution in [3.05, 3.63) is 44.9 Å². The molecule has 0 aliphatic carbocycles. The van der Waals surface area contributed by atoms with Gasteiger partial charge < -0.3 is 11.1 Å². The highest BCUT2D eigenvalue weighted by Crippen LogP contribution is 2.44. The highest BCUT2D eigenvalue weighted by molar-refractivity contribution is 9.10. The van der Waals surface area contributed by atoms with Crippen LogP contribution in [-0.2, 0) is 19.3 Å². The summed E-state index contributed by atoms with van der Waals surface area (Å²) < 4.78 is 44.6. The smallest absolute Gasteiger partial charge is 0.365 e. The van der Waals surface area contributed by atoms with Crippen molar-refractivity contribution >= 4 is 55.0 Å². The molecule has 4 heterocycles. The number of pyridine rings is 1. The predicted octanol–water partition coefficient (Wildman–Crippen LogP) is 4.84. The quantitative estimate of drug-likeness (QED) is 0.344. The van der Waals surface area contributed by atoms with E-state index in [2.05, 4.69) is 36.4 Å². The van der Waals surface area contributed by atoms with Crippen LogP contribution in [0.4, 0.5) is 18.9 Å². The van der Waals surface area contributed by atoms with Crippen LogP contribution in [0.3, 0.4) is 0 Å². The zero-order valence-corrected chi connectivity index (χ0v) is 21.1. The molecule has 0 aliphatic rings. The molecule has 4 rings (SSSR count). The Kier molecular flexibility index (Phi) is 6.44. The molecule has 9 nitrogen and oxygen atoms in total. The van der Waals surface area contributed by atoms with Crippen LogP contribution >= 0.6 is 27.3 Å². The number of amides is 2. The van der Waals surface area contributed by atoms with Gasteiger partial charge in [-0.05, 0) is 48.3 Å². The van der Waals surface area contributed by atoms with Gasteiger partial charge in [0.25, 0.3) is 11.8 Å². The monoisotopic (exact) mass is 569 g/mol. The third kappa shape index (κ3) is 4.43. The zero-order chi connectivity index (χ0) is 25.7. The summed E-state index contributed by atoms with van der Waals surface area (Å²) in [5.74, 6) is -1.53. The summed E-state index contributed by atoms with van der Waals surface area (Å²) in [7, 11) is 0. The lowest BCUT2D eigenvalue weighted by molar-refractivity contribution is -0.140. The molecule has 0 saturated carbocycles. The van der Waals surface area contributed by atoms with E-state index in [1.807, 2.05) is 6.92 Å². The standard InChI is InChI=1S/C21H19BrF3N7O2S/c1-4-31-8-11(9(3)30-31)10-6-13(21(23,24)25)28-20-14(10)15(17(35-20)18(26)33)29-19(34)16-12(22)7-27-32(16)5-2/h6-8H,4-5H2,1-3H3,(H2,26,33)(H,29,34). The van der Waals surface area contributed by atoms with Gasteiger partial charge in [-0.3, -0.25) is 19.0 Å². The van der Waals surface area contributed by atoms with Gasteiger partial charge in [0.1, 0.15) is 21.1 Å². The third-order valence-corrected chi connectivity index (χ3v) is 6.96. The summed E-state index contributed by atoms with van der Waals surface area (Å²) >= 11 is 3.96. The van der Waals surface area contributed by atoms with E-state index in [0.29, 0.717) is 40.2 Å². The molecule has 4 aromatic heterocycles. The molecule has 14 heteroatoms. The topological polar surface area (TPSA) is 121 Å². The second-order valence-corrected chi connectivity index (χ2v) is 9.35. The minimum atomic E-state index is -4.74. The van der Waals surface area contributed by atoms with Gasteiger partial charge in [-0.15, -0.1) is 11.3 Å². The van der Waals surface area contributed by atoms with E-state index in [4.69, 9.17) is 5.73 Å². The molecular formula is C21H19BrF3N7O2S. The Hall–Kier alpha value is -3.26. The van der Waals surface area contributed by atoms with Gasteiger partial charge in [-0.25, -0.2) is 4.98 Å². The molecule has 0 unspecified atom stereocenters. The average molecular weight is 570 g/mol. The second-order valence-electron chi connectivity index (χ2n) is 7.50. The number of nitrogens with one attached hydrogen (secondary N) is 1. The maximum Gasteiger partial charge on any atom is 0.433 e. The molecule has 0 fully saturated rings. The summed E-state index contributed by atoms with van der Waals surface area (Å²) in [5.41, 5.74) is 5.60. The maximum atomic E-state index is 13.7. The van der Waals surface area contributed by atoms with Crippen molar-refractivity contribution in [2.75, 3.05) is 5.32 Å². The fourth-order valence-electron chi connectivity index (χ4n) is 3.69. The van der Waals surface area contributed by atoms with Gasteiger partial charge in [-0.2, -0.15) is 23.4 Å². The number of hydrogen-bond donors (Lipinski definition) is 2. The lowest BCUT2D eigenvalue weighted by Crippen LogP contribution is -2.20. The van der Waals surface area contributed by atoms with Gasteiger partial charge in [0.2, 0.25) is 0 Å². The molecule has 0 bridgehead atoms. The van der Waals surface area contributed by atoms with Crippen molar-refractivity contribution in [2.24, 2.45) is 5.73 Å². The molecule has 0 aromatic carbocycles. The van der Waals surface area contributed by atoms with Gasteiger partial charge in [-0.1, -0.05) is 0 Å². The van der Waals surface area contributed by atoms with E-state index in [9.17, 15) is 22.8 Å². The van der Waals surface area contributed by atoms with Crippen molar-refractivity contribution in [3.8, 4) is 11.1 Å². The Balaban J connectivity index is 2.02. The first-order valence-electron chi connectivity index (χ1n) is 10.4. The first-order chi connectivity index (χ1) is 16.5. The van der Waals surface area contributed by atoms with Gasteiger partial charge in [0, 0.05) is 30.2 Å². The summed E-state index contributed by atoms with van der Waals surface area (Å²) in [4.78, 5) is 29.0. The van der Waals surface area contributed by atoms with Gasteiger partial charge in [0.05, 0.1) is 22.1 Å². The van der Waals surface area contributed by atoms with Gasteiger partial charge >= 0.3 is 6.18 Å². The minimum Gasteiger partial charge on any atom is -0.365 e. The number of primary amides is 1. The molecule has 0 atom stereocenters. The predicted molar refractivity (Wildman–Crippen MR) is 128 cm³/mol. The van der Waals surface area contributed by atoms with Crippen LogP contribution in [0.25, 0.3) is 21.3 Å². The Bertz CT molecular complexity index is 1470. The lowest BCUT2D eigenvalue weighted by atomic mass is 10.0. The van der Waals surface area contributed by atoms with E-state index in [1.165, 1.54) is 10.9 Å². The molecule has 0 saturated heterocycles. The number of halogens is 4. The molecule has 3 N–H and O–H groups in total. The number of carbonyl (C=O) groups excluding carboxylic acids is 2. The zero-order valence-electron chi connectivity index (χ0n) is 18.7. The Morgan fingerprint density at radius 2 is 1.94 bits per heavy atom. The van der Waals surface area contributed by atoms with Crippen molar-refractivity contribution in [1.82, 2.24) is 24.5 Å². The Labute approximate surface area is 209 Å². The van der Waals surface area contributed by atoms with E-state index in [1.54, 1.807) is 24.7 Å². The molecule has 0 spiro atoms. The highest BCUT2D eigenvalue weighted by atomic mass is 79.9. The number of rotatable bonds is 6. The highest BCUT2D eigenvalue weighted by Gasteiger charge is 2.35. The van der Waals surface area contributed by atoms with Gasteiger partial charge in [0.15, 0.2) is 0 Å². The number of thiophene rings is 1.